The van der Waals surface area contributed by atoms with Crippen molar-refractivity contribution >= 4 is 17.7 Å². The maximum atomic E-state index is 12.3. The monoisotopic (exact) mass is 377 g/mol. The number of nitrogens with zero attached hydrogens (tertiary/aromatic N) is 2. The zero-order chi connectivity index (χ0) is 20.2. The van der Waals surface area contributed by atoms with Crippen LogP contribution in [0.3, 0.4) is 0 Å². The predicted molar refractivity (Wildman–Crippen MR) is 101 cm³/mol. The van der Waals surface area contributed by atoms with E-state index in [9.17, 15) is 19.7 Å². The first kappa shape index (κ1) is 20.7. The van der Waals surface area contributed by atoms with Crippen LogP contribution in [0, 0.1) is 23.0 Å². The van der Waals surface area contributed by atoms with Crippen LogP contribution in [0.2, 0.25) is 0 Å². The summed E-state index contributed by atoms with van der Waals surface area (Å²) in [5.74, 6) is -0.128. The molecule has 1 atom stereocenters. The molecule has 0 bridgehead atoms. The van der Waals surface area contributed by atoms with Gasteiger partial charge in [0, 0.05) is 36.8 Å². The molecule has 1 saturated heterocycles. The second kappa shape index (κ2) is 8.37. The third-order valence-corrected chi connectivity index (χ3v) is 4.38. The summed E-state index contributed by atoms with van der Waals surface area (Å²) in [6.45, 7) is 8.73. The summed E-state index contributed by atoms with van der Waals surface area (Å²) >= 11 is 0. The first-order valence-electron chi connectivity index (χ1n) is 9.08. The molecule has 8 nitrogen and oxygen atoms in total. The molecule has 148 valence electrons. The zero-order valence-corrected chi connectivity index (χ0v) is 16.3. The van der Waals surface area contributed by atoms with Crippen LogP contribution >= 0.6 is 0 Å². The third kappa shape index (κ3) is 5.94. The van der Waals surface area contributed by atoms with Gasteiger partial charge in [-0.3, -0.25) is 14.9 Å². The number of nitro benzene ring substituents is 1. The van der Waals surface area contributed by atoms with Crippen LogP contribution in [0.4, 0.5) is 10.5 Å². The number of nitro groups is 1. The molecule has 0 spiro atoms. The number of benzene rings is 1. The molecule has 0 saturated carbocycles. The van der Waals surface area contributed by atoms with E-state index in [1.54, 1.807) is 11.8 Å². The highest BCUT2D eigenvalue weighted by atomic mass is 16.6. The van der Waals surface area contributed by atoms with Crippen molar-refractivity contribution in [2.75, 3.05) is 19.6 Å². The minimum absolute atomic E-state index is 0.00756. The maximum Gasteiger partial charge on any atom is 0.410 e. The number of aryl methyl sites for hydroxylation is 1. The minimum atomic E-state index is -0.536. The van der Waals surface area contributed by atoms with Crippen LogP contribution in [-0.2, 0) is 4.74 Å². The van der Waals surface area contributed by atoms with E-state index in [-0.39, 0.29) is 23.6 Å². The normalized spacial score (nSPS) is 17.3. The Morgan fingerprint density at radius 3 is 2.67 bits per heavy atom. The lowest BCUT2D eigenvalue weighted by atomic mass is 9.98. The molecule has 1 heterocycles. The van der Waals surface area contributed by atoms with Gasteiger partial charge in [-0.05, 0) is 58.6 Å². The van der Waals surface area contributed by atoms with Crippen LogP contribution in [0.15, 0.2) is 18.2 Å². The topological polar surface area (TPSA) is 102 Å². The van der Waals surface area contributed by atoms with Gasteiger partial charge in [-0.15, -0.1) is 0 Å². The Morgan fingerprint density at radius 1 is 1.37 bits per heavy atom. The van der Waals surface area contributed by atoms with Crippen molar-refractivity contribution in [3.63, 3.8) is 0 Å². The van der Waals surface area contributed by atoms with Crippen molar-refractivity contribution in [3.8, 4) is 0 Å². The van der Waals surface area contributed by atoms with Gasteiger partial charge in [-0.25, -0.2) is 4.79 Å². The highest BCUT2D eigenvalue weighted by molar-refractivity contribution is 5.94. The van der Waals surface area contributed by atoms with Gasteiger partial charge in [0.05, 0.1) is 4.92 Å². The molecular weight excluding hydrogens is 350 g/mol. The molecule has 1 fully saturated rings. The molecule has 0 radical (unpaired) electrons. The minimum Gasteiger partial charge on any atom is -0.444 e. The fraction of sp³-hybridized carbons (Fsp3) is 0.579. The molecule has 2 rings (SSSR count). The predicted octanol–water partition coefficient (Wildman–Crippen LogP) is 3.28. The Kier molecular flexibility index (Phi) is 6.41. The van der Waals surface area contributed by atoms with E-state index < -0.39 is 10.5 Å². The zero-order valence-electron chi connectivity index (χ0n) is 16.3. The highest BCUT2D eigenvalue weighted by Crippen LogP contribution is 2.20. The Hall–Kier alpha value is -2.64. The van der Waals surface area contributed by atoms with E-state index in [1.807, 2.05) is 20.8 Å². The number of ether oxygens (including phenoxy) is 1. The number of rotatable bonds is 4. The second-order valence-electron chi connectivity index (χ2n) is 7.90. The summed E-state index contributed by atoms with van der Waals surface area (Å²) in [6.07, 6.45) is 1.44. The molecule has 1 aliphatic heterocycles. The van der Waals surface area contributed by atoms with Crippen LogP contribution in [-0.4, -0.2) is 47.1 Å². The van der Waals surface area contributed by atoms with Crippen molar-refractivity contribution in [1.82, 2.24) is 10.2 Å². The second-order valence-corrected chi connectivity index (χ2v) is 7.90. The van der Waals surface area contributed by atoms with Gasteiger partial charge >= 0.3 is 6.09 Å². The molecule has 0 aromatic heterocycles. The molecule has 27 heavy (non-hydrogen) atoms. The third-order valence-electron chi connectivity index (χ3n) is 4.38. The summed E-state index contributed by atoms with van der Waals surface area (Å²) in [5, 5.41) is 13.7. The maximum absolute atomic E-state index is 12.3. The summed E-state index contributed by atoms with van der Waals surface area (Å²) in [5.41, 5.74) is 0.289. The molecular formula is C19H27N3O5. The molecule has 1 aliphatic rings. The van der Waals surface area contributed by atoms with E-state index >= 15 is 0 Å². The van der Waals surface area contributed by atoms with Crippen molar-refractivity contribution in [2.24, 2.45) is 5.92 Å². The summed E-state index contributed by atoms with van der Waals surface area (Å²) in [6, 6.07) is 4.31. The molecule has 0 aliphatic carbocycles. The first-order valence-corrected chi connectivity index (χ1v) is 9.08. The number of amides is 2. The quantitative estimate of drug-likeness (QED) is 0.641. The number of hydrogen-bond donors (Lipinski definition) is 1. The Balaban J connectivity index is 1.90. The SMILES string of the molecule is Cc1cc(C(=O)NCC2CCCN(C(=O)OC(C)(C)C)C2)ccc1[N+](=O)[O-]. The molecule has 1 unspecified atom stereocenters. The Labute approximate surface area is 159 Å². The number of nitrogens with one attached hydrogen (secondary N) is 1. The lowest BCUT2D eigenvalue weighted by molar-refractivity contribution is -0.385. The summed E-state index contributed by atoms with van der Waals surface area (Å²) in [7, 11) is 0. The lowest BCUT2D eigenvalue weighted by Crippen LogP contribution is -2.45. The smallest absolute Gasteiger partial charge is 0.410 e. The van der Waals surface area contributed by atoms with Crippen molar-refractivity contribution in [2.45, 2.75) is 46.1 Å². The van der Waals surface area contributed by atoms with Crippen molar-refractivity contribution in [1.29, 1.82) is 0 Å². The number of likely N-dealkylation sites (tertiary alicyclic amines) is 1. The summed E-state index contributed by atoms with van der Waals surface area (Å²) < 4.78 is 5.41. The number of hydrogen-bond acceptors (Lipinski definition) is 5. The highest BCUT2D eigenvalue weighted by Gasteiger charge is 2.28. The van der Waals surface area contributed by atoms with Gasteiger partial charge in [-0.2, -0.15) is 0 Å². The number of carbonyl (C=O) groups excluding carboxylic acids is 2. The molecule has 1 aromatic carbocycles. The van der Waals surface area contributed by atoms with Gasteiger partial charge in [0.2, 0.25) is 0 Å². The van der Waals surface area contributed by atoms with Gasteiger partial charge in [0.25, 0.3) is 11.6 Å². The van der Waals surface area contributed by atoms with Gasteiger partial charge in [0.1, 0.15) is 5.60 Å². The van der Waals surface area contributed by atoms with E-state index in [0.717, 1.165) is 12.8 Å². The van der Waals surface area contributed by atoms with Crippen LogP contribution in [0.5, 0.6) is 0 Å². The fourth-order valence-electron chi connectivity index (χ4n) is 3.06. The van der Waals surface area contributed by atoms with Gasteiger partial charge in [-0.1, -0.05) is 0 Å². The van der Waals surface area contributed by atoms with E-state index in [4.69, 9.17) is 4.74 Å². The average Bonchev–Trinajstić information content (AvgIpc) is 2.58. The Bertz CT molecular complexity index is 727. The van der Waals surface area contributed by atoms with E-state index in [0.29, 0.717) is 30.8 Å². The number of carbonyl (C=O) groups is 2. The van der Waals surface area contributed by atoms with Crippen molar-refractivity contribution < 1.29 is 19.2 Å². The fourth-order valence-corrected chi connectivity index (χ4v) is 3.06. The first-order chi connectivity index (χ1) is 12.6. The average molecular weight is 377 g/mol. The van der Waals surface area contributed by atoms with E-state index in [2.05, 4.69) is 5.32 Å². The van der Waals surface area contributed by atoms with Crippen molar-refractivity contribution in [3.05, 3.63) is 39.4 Å². The Morgan fingerprint density at radius 2 is 2.07 bits per heavy atom. The molecule has 2 amide bonds. The van der Waals surface area contributed by atoms with Crippen LogP contribution in [0.1, 0.15) is 49.5 Å². The number of piperidine rings is 1. The molecule has 1 aromatic rings. The standard InChI is InChI=1S/C19H27N3O5/c1-13-10-15(7-8-16(13)22(25)26)17(23)20-11-14-6-5-9-21(12-14)18(24)27-19(2,3)4/h7-8,10,14H,5-6,9,11-12H2,1-4H3,(H,20,23). The molecule has 8 heteroatoms. The van der Waals surface area contributed by atoms with Crippen LogP contribution in [0.25, 0.3) is 0 Å². The van der Waals surface area contributed by atoms with Crippen LogP contribution < -0.4 is 5.32 Å². The van der Waals surface area contributed by atoms with E-state index in [1.165, 1.54) is 18.2 Å². The lowest BCUT2D eigenvalue weighted by Gasteiger charge is -2.34. The summed E-state index contributed by atoms with van der Waals surface area (Å²) in [4.78, 5) is 36.6. The van der Waals surface area contributed by atoms with Gasteiger partial charge < -0.3 is 15.0 Å². The largest absolute Gasteiger partial charge is 0.444 e. The van der Waals surface area contributed by atoms with Gasteiger partial charge in [0.15, 0.2) is 0 Å². The molecule has 1 N–H and O–H groups in total.